The van der Waals surface area contributed by atoms with Crippen LogP contribution >= 0.6 is 0 Å². The number of methoxy groups -OCH3 is 1. The first-order valence-electron chi connectivity index (χ1n) is 7.30. The zero-order valence-electron chi connectivity index (χ0n) is 13.1. The van der Waals surface area contributed by atoms with Crippen LogP contribution in [0.3, 0.4) is 0 Å². The molecule has 128 valence electrons. The molecule has 0 saturated heterocycles. The summed E-state index contributed by atoms with van der Waals surface area (Å²) >= 11 is 0. The van der Waals surface area contributed by atoms with E-state index < -0.39 is 12.6 Å². The van der Waals surface area contributed by atoms with Gasteiger partial charge in [0.15, 0.2) is 0 Å². The molecule has 5 nitrogen and oxygen atoms in total. The van der Waals surface area contributed by atoms with Gasteiger partial charge in [-0.1, -0.05) is 24.3 Å². The molecule has 2 rings (SSSR count). The van der Waals surface area contributed by atoms with E-state index in [0.29, 0.717) is 18.7 Å². The molecule has 0 aliphatic rings. The SMILES string of the molecule is COc1ccccc1CCNC(=O)Nc1cccc(OC(F)F)c1. The molecule has 0 aliphatic carbocycles. The maximum absolute atomic E-state index is 12.2. The van der Waals surface area contributed by atoms with Crippen LogP contribution in [0.15, 0.2) is 48.5 Å². The lowest BCUT2D eigenvalue weighted by molar-refractivity contribution is -0.0497. The zero-order valence-corrected chi connectivity index (χ0v) is 13.1. The Labute approximate surface area is 138 Å². The molecular formula is C17H18F2N2O3. The van der Waals surface area contributed by atoms with Crippen molar-refractivity contribution in [2.75, 3.05) is 19.0 Å². The van der Waals surface area contributed by atoms with Gasteiger partial charge in [-0.2, -0.15) is 8.78 Å². The molecule has 2 aromatic rings. The van der Waals surface area contributed by atoms with Gasteiger partial charge in [-0.05, 0) is 30.2 Å². The highest BCUT2D eigenvalue weighted by Crippen LogP contribution is 2.19. The van der Waals surface area contributed by atoms with Crippen LogP contribution in [0.25, 0.3) is 0 Å². The minimum atomic E-state index is -2.91. The molecule has 0 saturated carbocycles. The van der Waals surface area contributed by atoms with Crippen LogP contribution in [-0.4, -0.2) is 26.3 Å². The van der Waals surface area contributed by atoms with E-state index >= 15 is 0 Å². The lowest BCUT2D eigenvalue weighted by Gasteiger charge is -2.11. The topological polar surface area (TPSA) is 59.6 Å². The van der Waals surface area contributed by atoms with Gasteiger partial charge in [-0.3, -0.25) is 0 Å². The first kappa shape index (κ1) is 17.5. The van der Waals surface area contributed by atoms with Crippen LogP contribution in [0.2, 0.25) is 0 Å². The van der Waals surface area contributed by atoms with Crippen molar-refractivity contribution >= 4 is 11.7 Å². The van der Waals surface area contributed by atoms with Gasteiger partial charge in [-0.25, -0.2) is 4.79 Å². The second kappa shape index (κ2) is 8.71. The molecule has 0 fully saturated rings. The van der Waals surface area contributed by atoms with Gasteiger partial charge < -0.3 is 20.1 Å². The van der Waals surface area contributed by atoms with Gasteiger partial charge in [0.1, 0.15) is 11.5 Å². The first-order chi connectivity index (χ1) is 11.6. The van der Waals surface area contributed by atoms with Crippen molar-refractivity contribution in [2.24, 2.45) is 0 Å². The Bertz CT molecular complexity index is 680. The minimum Gasteiger partial charge on any atom is -0.496 e. The highest BCUT2D eigenvalue weighted by Gasteiger charge is 2.07. The molecule has 7 heteroatoms. The van der Waals surface area contributed by atoms with Gasteiger partial charge in [0, 0.05) is 18.3 Å². The molecule has 0 unspecified atom stereocenters. The Balaban J connectivity index is 1.83. The third-order valence-electron chi connectivity index (χ3n) is 3.19. The summed E-state index contributed by atoms with van der Waals surface area (Å²) < 4.78 is 33.9. The number of anilines is 1. The van der Waals surface area contributed by atoms with Gasteiger partial charge in [0.25, 0.3) is 0 Å². The number of carbonyl (C=O) groups excluding carboxylic acids is 1. The number of carbonyl (C=O) groups is 1. The van der Waals surface area contributed by atoms with E-state index in [4.69, 9.17) is 4.74 Å². The van der Waals surface area contributed by atoms with Crippen LogP contribution in [0, 0.1) is 0 Å². The number of benzene rings is 2. The van der Waals surface area contributed by atoms with E-state index in [0.717, 1.165) is 11.3 Å². The van der Waals surface area contributed by atoms with Crippen molar-refractivity contribution < 1.29 is 23.0 Å². The molecule has 2 N–H and O–H groups in total. The molecule has 0 bridgehead atoms. The number of alkyl halides is 2. The van der Waals surface area contributed by atoms with Crippen LogP contribution < -0.4 is 20.1 Å². The van der Waals surface area contributed by atoms with E-state index in [2.05, 4.69) is 15.4 Å². The molecule has 0 atom stereocenters. The summed E-state index contributed by atoms with van der Waals surface area (Å²) in [7, 11) is 1.59. The Morgan fingerprint density at radius 1 is 1.17 bits per heavy atom. The predicted molar refractivity (Wildman–Crippen MR) is 86.8 cm³/mol. The lowest BCUT2D eigenvalue weighted by atomic mass is 10.1. The third kappa shape index (κ3) is 5.42. The van der Waals surface area contributed by atoms with E-state index in [1.165, 1.54) is 18.2 Å². The predicted octanol–water partition coefficient (Wildman–Crippen LogP) is 3.66. The molecule has 2 aromatic carbocycles. The number of urea groups is 1. The normalized spacial score (nSPS) is 10.3. The average molecular weight is 336 g/mol. The maximum atomic E-state index is 12.2. The smallest absolute Gasteiger partial charge is 0.387 e. The van der Waals surface area contributed by atoms with Gasteiger partial charge in [0.2, 0.25) is 0 Å². The number of para-hydroxylation sites is 1. The largest absolute Gasteiger partial charge is 0.496 e. The molecule has 0 heterocycles. The molecule has 0 spiro atoms. The van der Waals surface area contributed by atoms with Crippen LogP contribution in [0.1, 0.15) is 5.56 Å². The molecule has 2 amide bonds. The third-order valence-corrected chi connectivity index (χ3v) is 3.19. The van der Waals surface area contributed by atoms with Crippen molar-refractivity contribution in [3.8, 4) is 11.5 Å². The Kier molecular flexibility index (Phi) is 6.36. The van der Waals surface area contributed by atoms with E-state index in [1.807, 2.05) is 24.3 Å². The summed E-state index contributed by atoms with van der Waals surface area (Å²) in [5.74, 6) is 0.744. The number of ether oxygens (including phenoxy) is 2. The molecule has 24 heavy (non-hydrogen) atoms. The summed E-state index contributed by atoms with van der Waals surface area (Å²) in [5.41, 5.74) is 1.34. The quantitative estimate of drug-likeness (QED) is 0.811. The highest BCUT2D eigenvalue weighted by molar-refractivity contribution is 5.89. The standard InChI is InChI=1S/C17H18F2N2O3/c1-23-15-8-3-2-5-12(15)9-10-20-17(22)21-13-6-4-7-14(11-13)24-16(18)19/h2-8,11,16H,9-10H2,1H3,(H2,20,21,22). The Morgan fingerprint density at radius 3 is 2.71 bits per heavy atom. The number of hydrogen-bond acceptors (Lipinski definition) is 3. The van der Waals surface area contributed by atoms with Crippen molar-refractivity contribution in [1.82, 2.24) is 5.32 Å². The Hall–Kier alpha value is -2.83. The van der Waals surface area contributed by atoms with Crippen molar-refractivity contribution in [2.45, 2.75) is 13.0 Å². The number of amides is 2. The summed E-state index contributed by atoms with van der Waals surface area (Å²) in [6.45, 7) is -2.51. The summed E-state index contributed by atoms with van der Waals surface area (Å²) in [6.07, 6.45) is 0.603. The number of halogens is 2. The maximum Gasteiger partial charge on any atom is 0.387 e. The molecular weight excluding hydrogens is 318 g/mol. The van der Waals surface area contributed by atoms with E-state index in [-0.39, 0.29) is 5.75 Å². The first-order valence-corrected chi connectivity index (χ1v) is 7.30. The van der Waals surface area contributed by atoms with Crippen LogP contribution in [-0.2, 0) is 6.42 Å². The van der Waals surface area contributed by atoms with Crippen LogP contribution in [0.4, 0.5) is 19.3 Å². The molecule has 0 aromatic heterocycles. The van der Waals surface area contributed by atoms with Gasteiger partial charge >= 0.3 is 12.6 Å². The lowest BCUT2D eigenvalue weighted by Crippen LogP contribution is -2.30. The number of rotatable bonds is 7. The zero-order chi connectivity index (χ0) is 17.4. The van der Waals surface area contributed by atoms with Crippen molar-refractivity contribution in [3.63, 3.8) is 0 Å². The van der Waals surface area contributed by atoms with Crippen molar-refractivity contribution in [1.29, 1.82) is 0 Å². The minimum absolute atomic E-state index is 0.0168. The summed E-state index contributed by atoms with van der Waals surface area (Å²) in [5, 5.41) is 5.26. The number of hydrogen-bond donors (Lipinski definition) is 2. The van der Waals surface area contributed by atoms with E-state index in [9.17, 15) is 13.6 Å². The second-order valence-electron chi connectivity index (χ2n) is 4.85. The fourth-order valence-corrected chi connectivity index (χ4v) is 2.15. The summed E-state index contributed by atoms with van der Waals surface area (Å²) in [4.78, 5) is 11.8. The fourth-order valence-electron chi connectivity index (χ4n) is 2.15. The average Bonchev–Trinajstić information content (AvgIpc) is 2.55. The number of nitrogens with one attached hydrogen (secondary N) is 2. The summed E-state index contributed by atoms with van der Waals surface area (Å²) in [6, 6.07) is 12.9. The van der Waals surface area contributed by atoms with Crippen LogP contribution in [0.5, 0.6) is 11.5 Å². The Morgan fingerprint density at radius 2 is 1.96 bits per heavy atom. The molecule has 0 radical (unpaired) electrons. The molecule has 0 aliphatic heterocycles. The fraction of sp³-hybridized carbons (Fsp3) is 0.235. The second-order valence-corrected chi connectivity index (χ2v) is 4.85. The van der Waals surface area contributed by atoms with E-state index in [1.54, 1.807) is 13.2 Å². The van der Waals surface area contributed by atoms with Gasteiger partial charge in [0.05, 0.1) is 7.11 Å². The highest BCUT2D eigenvalue weighted by atomic mass is 19.3. The van der Waals surface area contributed by atoms with Crippen molar-refractivity contribution in [3.05, 3.63) is 54.1 Å². The monoisotopic (exact) mass is 336 g/mol. The van der Waals surface area contributed by atoms with Gasteiger partial charge in [-0.15, -0.1) is 0 Å².